The Hall–Kier alpha value is -3.42. The van der Waals surface area contributed by atoms with Gasteiger partial charge in [-0.15, -0.1) is 0 Å². The van der Waals surface area contributed by atoms with Crippen LogP contribution < -0.4 is 10.9 Å². The first-order valence-corrected chi connectivity index (χ1v) is 10.1. The van der Waals surface area contributed by atoms with Gasteiger partial charge in [-0.1, -0.05) is 44.2 Å². The second-order valence-corrected chi connectivity index (χ2v) is 7.76. The highest BCUT2D eigenvalue weighted by atomic mass is 16.2. The summed E-state index contributed by atoms with van der Waals surface area (Å²) in [6.45, 7) is 9.13. The van der Waals surface area contributed by atoms with E-state index in [1.54, 1.807) is 6.07 Å². The van der Waals surface area contributed by atoms with E-state index in [9.17, 15) is 9.59 Å². The van der Waals surface area contributed by atoms with Crippen LogP contribution >= 0.6 is 0 Å². The molecule has 2 aromatic heterocycles. The van der Waals surface area contributed by atoms with Crippen LogP contribution in [0.2, 0.25) is 0 Å². The van der Waals surface area contributed by atoms with Crippen LogP contribution in [-0.2, 0) is 17.8 Å². The maximum atomic E-state index is 12.3. The Morgan fingerprint density at radius 2 is 1.87 bits per heavy atom. The maximum absolute atomic E-state index is 12.3. The molecule has 158 valence electrons. The van der Waals surface area contributed by atoms with Crippen LogP contribution in [0.15, 0.2) is 36.4 Å². The van der Waals surface area contributed by atoms with E-state index in [-0.39, 0.29) is 18.0 Å². The Morgan fingerprint density at radius 1 is 1.13 bits per heavy atom. The van der Waals surface area contributed by atoms with E-state index in [4.69, 9.17) is 0 Å². The molecule has 30 heavy (non-hydrogen) atoms. The molecule has 8 nitrogen and oxygen atoms in total. The van der Waals surface area contributed by atoms with Gasteiger partial charge in [0.05, 0.1) is 11.4 Å². The third-order valence-corrected chi connectivity index (χ3v) is 4.88. The maximum Gasteiger partial charge on any atom is 0.287 e. The molecule has 0 unspecified atom stereocenters. The number of hydrazine groups is 1. The number of benzene rings is 1. The van der Waals surface area contributed by atoms with Crippen molar-refractivity contribution in [3.05, 3.63) is 59.0 Å². The number of hydrogen-bond acceptors (Lipinski definition) is 4. The SMILES string of the molecule is Cc1nn(CC(C)C)c(C)c1CCC(=O)NNC(=O)c1cc(-c2ccccc2)n[nH]1. The minimum atomic E-state index is -0.449. The van der Waals surface area contributed by atoms with E-state index in [2.05, 4.69) is 40.0 Å². The van der Waals surface area contributed by atoms with E-state index in [1.807, 2.05) is 48.9 Å². The number of nitrogens with zero attached hydrogens (tertiary/aromatic N) is 3. The molecule has 1 aromatic carbocycles. The average Bonchev–Trinajstić information content (AvgIpc) is 3.31. The smallest absolute Gasteiger partial charge is 0.273 e. The molecular weight excluding hydrogens is 380 g/mol. The van der Waals surface area contributed by atoms with Gasteiger partial charge in [0, 0.05) is 24.2 Å². The van der Waals surface area contributed by atoms with Crippen molar-refractivity contribution in [1.29, 1.82) is 0 Å². The summed E-state index contributed by atoms with van der Waals surface area (Å²) >= 11 is 0. The lowest BCUT2D eigenvalue weighted by Crippen LogP contribution is -2.41. The van der Waals surface area contributed by atoms with Crippen molar-refractivity contribution in [3.63, 3.8) is 0 Å². The second kappa shape index (κ2) is 9.39. The Labute approximate surface area is 176 Å². The Bertz CT molecular complexity index is 1020. The number of H-pyrrole nitrogens is 1. The van der Waals surface area contributed by atoms with Crippen LogP contribution in [0.5, 0.6) is 0 Å². The van der Waals surface area contributed by atoms with Crippen molar-refractivity contribution in [1.82, 2.24) is 30.8 Å². The average molecular weight is 409 g/mol. The first kappa shape index (κ1) is 21.3. The van der Waals surface area contributed by atoms with Crippen LogP contribution in [0.25, 0.3) is 11.3 Å². The molecule has 0 aliphatic heterocycles. The van der Waals surface area contributed by atoms with Gasteiger partial charge in [-0.25, -0.2) is 0 Å². The van der Waals surface area contributed by atoms with Crippen molar-refractivity contribution in [2.45, 2.75) is 47.1 Å². The van der Waals surface area contributed by atoms with Crippen LogP contribution in [0.4, 0.5) is 0 Å². The molecular formula is C22H28N6O2. The van der Waals surface area contributed by atoms with Crippen LogP contribution in [-0.4, -0.2) is 31.8 Å². The lowest BCUT2D eigenvalue weighted by atomic mass is 10.1. The largest absolute Gasteiger partial charge is 0.287 e. The van der Waals surface area contributed by atoms with Crippen LogP contribution in [0, 0.1) is 19.8 Å². The highest BCUT2D eigenvalue weighted by Crippen LogP contribution is 2.17. The normalized spacial score (nSPS) is 11.0. The third-order valence-electron chi connectivity index (χ3n) is 4.88. The minimum Gasteiger partial charge on any atom is -0.273 e. The first-order chi connectivity index (χ1) is 14.3. The van der Waals surface area contributed by atoms with Gasteiger partial charge in [-0.05, 0) is 37.8 Å². The summed E-state index contributed by atoms with van der Waals surface area (Å²) in [5, 5.41) is 11.4. The van der Waals surface area contributed by atoms with Crippen LogP contribution in [0.1, 0.15) is 47.7 Å². The molecule has 0 aliphatic rings. The van der Waals surface area contributed by atoms with E-state index >= 15 is 0 Å². The van der Waals surface area contributed by atoms with Gasteiger partial charge in [0.1, 0.15) is 5.69 Å². The molecule has 2 heterocycles. The number of aryl methyl sites for hydroxylation is 1. The summed E-state index contributed by atoms with van der Waals surface area (Å²) in [5.74, 6) is -0.212. The molecule has 8 heteroatoms. The molecule has 3 aromatic rings. The molecule has 0 radical (unpaired) electrons. The van der Waals surface area contributed by atoms with E-state index in [0.717, 1.165) is 29.1 Å². The fourth-order valence-corrected chi connectivity index (χ4v) is 3.31. The van der Waals surface area contributed by atoms with Gasteiger partial charge >= 0.3 is 0 Å². The molecule has 0 bridgehead atoms. The fraction of sp³-hybridized carbons (Fsp3) is 0.364. The Kier molecular flexibility index (Phi) is 6.66. The highest BCUT2D eigenvalue weighted by molar-refractivity contribution is 5.94. The monoisotopic (exact) mass is 408 g/mol. The van der Waals surface area contributed by atoms with E-state index in [1.165, 1.54) is 0 Å². The lowest BCUT2D eigenvalue weighted by Gasteiger charge is -2.08. The highest BCUT2D eigenvalue weighted by Gasteiger charge is 2.15. The number of rotatable bonds is 7. The summed E-state index contributed by atoms with van der Waals surface area (Å²) in [4.78, 5) is 24.5. The number of nitrogens with one attached hydrogen (secondary N) is 3. The van der Waals surface area contributed by atoms with Gasteiger partial charge in [0.15, 0.2) is 0 Å². The lowest BCUT2D eigenvalue weighted by molar-refractivity contribution is -0.121. The Balaban J connectivity index is 1.51. The molecule has 0 fully saturated rings. The zero-order valence-electron chi connectivity index (χ0n) is 17.8. The number of carbonyl (C=O) groups excluding carboxylic acids is 2. The molecule has 2 amide bonds. The minimum absolute atomic E-state index is 0.258. The summed E-state index contributed by atoms with van der Waals surface area (Å²) in [6.07, 6.45) is 0.827. The molecule has 0 atom stereocenters. The van der Waals surface area contributed by atoms with Gasteiger partial charge in [0.25, 0.3) is 5.91 Å². The molecule has 0 spiro atoms. The van der Waals surface area contributed by atoms with Gasteiger partial charge < -0.3 is 0 Å². The number of amides is 2. The summed E-state index contributed by atoms with van der Waals surface area (Å²) in [6, 6.07) is 11.2. The first-order valence-electron chi connectivity index (χ1n) is 10.1. The molecule has 0 saturated heterocycles. The van der Waals surface area contributed by atoms with Gasteiger partial charge in [0.2, 0.25) is 5.91 Å². The van der Waals surface area contributed by atoms with Crippen molar-refractivity contribution in [3.8, 4) is 11.3 Å². The van der Waals surface area contributed by atoms with Gasteiger partial charge in [-0.3, -0.25) is 30.2 Å². The summed E-state index contributed by atoms with van der Waals surface area (Å²) in [5.41, 5.74) is 9.84. The summed E-state index contributed by atoms with van der Waals surface area (Å²) < 4.78 is 2.00. The number of carbonyl (C=O) groups is 2. The Morgan fingerprint density at radius 3 is 2.57 bits per heavy atom. The molecule has 3 rings (SSSR count). The second-order valence-electron chi connectivity index (χ2n) is 7.76. The molecule has 0 saturated carbocycles. The third kappa shape index (κ3) is 5.14. The number of hydrogen-bond donors (Lipinski definition) is 3. The van der Waals surface area contributed by atoms with E-state index in [0.29, 0.717) is 18.0 Å². The van der Waals surface area contributed by atoms with E-state index < -0.39 is 5.91 Å². The standard InChI is InChI=1S/C22H28N6O2/c1-14(2)13-28-16(4)18(15(3)27-28)10-11-21(29)25-26-22(30)20-12-19(23-24-20)17-8-6-5-7-9-17/h5-9,12,14H,10-11,13H2,1-4H3,(H,23,24)(H,25,29)(H,26,30). The summed E-state index contributed by atoms with van der Waals surface area (Å²) in [7, 11) is 0. The predicted molar refractivity (Wildman–Crippen MR) is 114 cm³/mol. The van der Waals surface area contributed by atoms with Crippen molar-refractivity contribution in [2.75, 3.05) is 0 Å². The topological polar surface area (TPSA) is 105 Å². The molecule has 3 N–H and O–H groups in total. The predicted octanol–water partition coefficient (Wildman–Crippen LogP) is 2.94. The quantitative estimate of drug-likeness (QED) is 0.523. The van der Waals surface area contributed by atoms with Crippen molar-refractivity contribution in [2.24, 2.45) is 5.92 Å². The number of aromatic nitrogens is 4. The molecule has 0 aliphatic carbocycles. The van der Waals surface area contributed by atoms with Crippen molar-refractivity contribution < 1.29 is 9.59 Å². The fourth-order valence-electron chi connectivity index (χ4n) is 3.31. The zero-order chi connectivity index (χ0) is 21.7. The number of aromatic amines is 1. The zero-order valence-corrected chi connectivity index (χ0v) is 17.8. The van der Waals surface area contributed by atoms with Gasteiger partial charge in [-0.2, -0.15) is 10.2 Å². The van der Waals surface area contributed by atoms with Crippen LogP contribution in [0.3, 0.4) is 0 Å². The van der Waals surface area contributed by atoms with Crippen molar-refractivity contribution >= 4 is 11.8 Å².